The molecule has 3 nitrogen and oxygen atoms in total. The van der Waals surface area contributed by atoms with E-state index in [9.17, 15) is 8.78 Å². The van der Waals surface area contributed by atoms with Gasteiger partial charge in [-0.2, -0.15) is 5.10 Å². The van der Waals surface area contributed by atoms with Crippen LogP contribution >= 0.6 is 0 Å². The van der Waals surface area contributed by atoms with Crippen molar-refractivity contribution in [2.75, 3.05) is 5.32 Å². The third-order valence-electron chi connectivity index (χ3n) is 3.71. The van der Waals surface area contributed by atoms with Crippen LogP contribution in [0.25, 0.3) is 0 Å². The van der Waals surface area contributed by atoms with Gasteiger partial charge in [-0.15, -0.1) is 0 Å². The van der Waals surface area contributed by atoms with Crippen LogP contribution in [-0.2, 0) is 6.54 Å². The second kappa shape index (κ2) is 6.70. The van der Waals surface area contributed by atoms with Gasteiger partial charge in [0.15, 0.2) is 5.82 Å². The number of nitrogens with zero attached hydrogens (tertiary/aromatic N) is 2. The molecule has 2 rings (SSSR count). The van der Waals surface area contributed by atoms with Gasteiger partial charge in [0, 0.05) is 6.20 Å². The fourth-order valence-electron chi connectivity index (χ4n) is 2.34. The number of hydrogen-bond donors (Lipinski definition) is 1. The lowest BCUT2D eigenvalue weighted by molar-refractivity contribution is 0.426. The summed E-state index contributed by atoms with van der Waals surface area (Å²) in [5.74, 6) is -1.13. The van der Waals surface area contributed by atoms with Crippen molar-refractivity contribution in [3.63, 3.8) is 0 Å². The zero-order chi connectivity index (χ0) is 15.4. The van der Waals surface area contributed by atoms with Gasteiger partial charge in [0.1, 0.15) is 11.5 Å². The van der Waals surface area contributed by atoms with Gasteiger partial charge in [0.05, 0.1) is 18.3 Å². The van der Waals surface area contributed by atoms with Crippen molar-refractivity contribution in [2.24, 2.45) is 0 Å². The topological polar surface area (TPSA) is 29.9 Å². The molecule has 1 heterocycles. The minimum absolute atomic E-state index is 0.0907. The first-order valence-corrected chi connectivity index (χ1v) is 7.29. The number of rotatable bonds is 6. The molecule has 0 fully saturated rings. The first-order valence-electron chi connectivity index (χ1n) is 7.29. The average molecular weight is 293 g/mol. The van der Waals surface area contributed by atoms with E-state index in [0.717, 1.165) is 18.5 Å². The molecule has 0 aliphatic carbocycles. The number of halogens is 2. The van der Waals surface area contributed by atoms with Crippen LogP contribution in [0.15, 0.2) is 24.4 Å². The van der Waals surface area contributed by atoms with Crippen molar-refractivity contribution < 1.29 is 8.78 Å². The summed E-state index contributed by atoms with van der Waals surface area (Å²) in [7, 11) is 0. The maximum Gasteiger partial charge on any atom is 0.152 e. The first-order chi connectivity index (χ1) is 10.1. The summed E-state index contributed by atoms with van der Waals surface area (Å²) in [4.78, 5) is 0. The predicted octanol–water partition coefficient (Wildman–Crippen LogP) is 4.44. The first kappa shape index (κ1) is 15.5. The van der Waals surface area contributed by atoms with Crippen molar-refractivity contribution in [2.45, 2.75) is 46.2 Å². The Kier molecular flexibility index (Phi) is 4.94. The lowest BCUT2D eigenvalue weighted by Crippen LogP contribution is -2.09. The highest BCUT2D eigenvalue weighted by atomic mass is 19.1. The van der Waals surface area contributed by atoms with Crippen LogP contribution < -0.4 is 5.32 Å². The second-order valence-corrected chi connectivity index (χ2v) is 5.16. The normalized spacial score (nSPS) is 11.1. The predicted molar refractivity (Wildman–Crippen MR) is 80.3 cm³/mol. The maximum absolute atomic E-state index is 13.9. The van der Waals surface area contributed by atoms with Gasteiger partial charge < -0.3 is 5.32 Å². The van der Waals surface area contributed by atoms with Gasteiger partial charge in [-0.1, -0.05) is 19.9 Å². The van der Waals surface area contributed by atoms with E-state index in [1.807, 2.05) is 16.9 Å². The van der Waals surface area contributed by atoms with Crippen molar-refractivity contribution in [3.05, 3.63) is 47.3 Å². The Bertz CT molecular complexity index is 604. The van der Waals surface area contributed by atoms with Crippen LogP contribution in [-0.4, -0.2) is 9.78 Å². The molecule has 0 spiro atoms. The largest absolute Gasteiger partial charge is 0.375 e. The number of aromatic nitrogens is 2. The Morgan fingerprint density at radius 1 is 1.19 bits per heavy atom. The number of benzene rings is 1. The Hall–Kier alpha value is -1.91. The Balaban J connectivity index is 2.09. The molecule has 0 saturated heterocycles. The van der Waals surface area contributed by atoms with E-state index in [2.05, 4.69) is 24.3 Å². The minimum Gasteiger partial charge on any atom is -0.375 e. The van der Waals surface area contributed by atoms with Gasteiger partial charge in [-0.05, 0) is 37.5 Å². The molecular weight excluding hydrogens is 272 g/mol. The molecule has 5 heteroatoms. The van der Waals surface area contributed by atoms with E-state index in [1.165, 1.54) is 12.1 Å². The molecule has 1 aromatic heterocycles. The van der Waals surface area contributed by atoms with Crippen LogP contribution in [0.5, 0.6) is 0 Å². The highest BCUT2D eigenvalue weighted by molar-refractivity contribution is 5.49. The standard InChI is InChI=1S/C16H21F2N3/c1-4-13(5-2)21-9-8-12(20-21)10-19-16-14(17)7-6-11(3)15(16)18/h6-9,13,19H,4-5,10H2,1-3H3. The van der Waals surface area contributed by atoms with Gasteiger partial charge in [0.25, 0.3) is 0 Å². The highest BCUT2D eigenvalue weighted by Gasteiger charge is 2.12. The van der Waals surface area contributed by atoms with Gasteiger partial charge in [0.2, 0.25) is 0 Å². The van der Waals surface area contributed by atoms with E-state index >= 15 is 0 Å². The number of nitrogens with one attached hydrogen (secondary N) is 1. The average Bonchev–Trinajstić information content (AvgIpc) is 2.93. The Morgan fingerprint density at radius 3 is 2.57 bits per heavy atom. The van der Waals surface area contributed by atoms with Crippen LogP contribution in [0.2, 0.25) is 0 Å². The molecule has 0 radical (unpaired) electrons. The van der Waals surface area contributed by atoms with Crippen LogP contribution in [0.1, 0.15) is 44.0 Å². The third kappa shape index (κ3) is 3.40. The SMILES string of the molecule is CCC(CC)n1ccc(CNc2c(F)ccc(C)c2F)n1. The molecule has 114 valence electrons. The molecule has 0 aliphatic rings. The molecule has 0 amide bonds. The van der Waals surface area contributed by atoms with E-state index in [1.54, 1.807) is 6.92 Å². The fourth-order valence-corrected chi connectivity index (χ4v) is 2.34. The molecule has 21 heavy (non-hydrogen) atoms. The summed E-state index contributed by atoms with van der Waals surface area (Å²) >= 11 is 0. The summed E-state index contributed by atoms with van der Waals surface area (Å²) in [6.45, 7) is 6.14. The molecule has 1 N–H and O–H groups in total. The monoisotopic (exact) mass is 293 g/mol. The van der Waals surface area contributed by atoms with E-state index < -0.39 is 11.6 Å². The van der Waals surface area contributed by atoms with Crippen molar-refractivity contribution in [3.8, 4) is 0 Å². The maximum atomic E-state index is 13.9. The quantitative estimate of drug-likeness (QED) is 0.853. The molecule has 1 aromatic carbocycles. The number of anilines is 1. The number of hydrogen-bond acceptors (Lipinski definition) is 2. The molecule has 0 aliphatic heterocycles. The van der Waals surface area contributed by atoms with Gasteiger partial charge >= 0.3 is 0 Å². The van der Waals surface area contributed by atoms with Gasteiger partial charge in [-0.25, -0.2) is 8.78 Å². The van der Waals surface area contributed by atoms with Crippen LogP contribution in [0.3, 0.4) is 0 Å². The number of aryl methyl sites for hydroxylation is 1. The minimum atomic E-state index is -0.586. The van der Waals surface area contributed by atoms with E-state index in [0.29, 0.717) is 18.2 Å². The molecule has 0 atom stereocenters. The van der Waals surface area contributed by atoms with Gasteiger partial charge in [-0.3, -0.25) is 4.68 Å². The molecule has 0 unspecified atom stereocenters. The lowest BCUT2D eigenvalue weighted by atomic mass is 10.2. The Morgan fingerprint density at radius 2 is 1.90 bits per heavy atom. The fraction of sp³-hybridized carbons (Fsp3) is 0.438. The molecule has 0 bridgehead atoms. The zero-order valence-electron chi connectivity index (χ0n) is 12.7. The van der Waals surface area contributed by atoms with Crippen LogP contribution in [0.4, 0.5) is 14.5 Å². The third-order valence-corrected chi connectivity index (χ3v) is 3.71. The van der Waals surface area contributed by atoms with E-state index in [-0.39, 0.29) is 5.69 Å². The van der Waals surface area contributed by atoms with Crippen molar-refractivity contribution >= 4 is 5.69 Å². The summed E-state index contributed by atoms with van der Waals surface area (Å²) in [5.41, 5.74) is 1.09. The molecule has 2 aromatic rings. The van der Waals surface area contributed by atoms with Crippen molar-refractivity contribution in [1.82, 2.24) is 9.78 Å². The smallest absolute Gasteiger partial charge is 0.152 e. The molecule has 0 saturated carbocycles. The summed E-state index contributed by atoms with van der Waals surface area (Å²) in [6, 6.07) is 4.93. The summed E-state index contributed by atoms with van der Waals surface area (Å²) in [6.07, 6.45) is 3.93. The Labute approximate surface area is 124 Å². The highest BCUT2D eigenvalue weighted by Crippen LogP contribution is 2.22. The molecular formula is C16H21F2N3. The van der Waals surface area contributed by atoms with Crippen molar-refractivity contribution in [1.29, 1.82) is 0 Å². The van der Waals surface area contributed by atoms with E-state index in [4.69, 9.17) is 0 Å². The lowest BCUT2D eigenvalue weighted by Gasteiger charge is -2.12. The summed E-state index contributed by atoms with van der Waals surface area (Å²) < 4.78 is 29.4. The zero-order valence-corrected chi connectivity index (χ0v) is 12.7. The second-order valence-electron chi connectivity index (χ2n) is 5.16. The van der Waals surface area contributed by atoms with Crippen LogP contribution in [0, 0.1) is 18.6 Å². The summed E-state index contributed by atoms with van der Waals surface area (Å²) in [5, 5.41) is 7.26.